The summed E-state index contributed by atoms with van der Waals surface area (Å²) in [5.74, 6) is -0.233. The fourth-order valence-corrected chi connectivity index (χ4v) is 5.40. The Hall–Kier alpha value is -3.23. The van der Waals surface area contributed by atoms with Crippen LogP contribution in [-0.2, 0) is 10.0 Å². The van der Waals surface area contributed by atoms with Crippen LogP contribution >= 0.6 is 11.3 Å². The molecule has 0 atom stereocenters. The fraction of sp³-hybridized carbons (Fsp3) is 0.250. The van der Waals surface area contributed by atoms with Gasteiger partial charge in [-0.25, -0.2) is 8.42 Å². The summed E-state index contributed by atoms with van der Waals surface area (Å²) in [6, 6.07) is 6.67. The van der Waals surface area contributed by atoms with Crippen molar-refractivity contribution in [3.8, 4) is 5.69 Å². The van der Waals surface area contributed by atoms with Crippen LogP contribution in [0.1, 0.15) is 9.67 Å². The van der Waals surface area contributed by atoms with Crippen molar-refractivity contribution < 1.29 is 18.1 Å². The Morgan fingerprint density at radius 3 is 2.60 bits per heavy atom. The lowest BCUT2D eigenvalue weighted by atomic mass is 10.3. The van der Waals surface area contributed by atoms with Gasteiger partial charge in [0.2, 0.25) is 10.0 Å². The zero-order chi connectivity index (χ0) is 21.3. The number of nitro groups is 1. The zero-order valence-corrected chi connectivity index (χ0v) is 17.0. The van der Waals surface area contributed by atoms with Gasteiger partial charge < -0.3 is 4.90 Å². The molecule has 1 aliphatic heterocycles. The number of amides is 1. The third kappa shape index (κ3) is 3.67. The summed E-state index contributed by atoms with van der Waals surface area (Å²) in [6.07, 6.45) is 1.39. The van der Waals surface area contributed by atoms with E-state index in [1.807, 2.05) is 0 Å². The minimum Gasteiger partial charge on any atom is -0.335 e. The van der Waals surface area contributed by atoms with E-state index in [0.717, 1.165) is 6.07 Å². The highest BCUT2D eigenvalue weighted by Crippen LogP contribution is 2.25. The molecule has 0 unspecified atom stereocenters. The summed E-state index contributed by atoms with van der Waals surface area (Å²) in [5, 5.41) is 23.6. The third-order valence-corrected chi connectivity index (χ3v) is 7.41. The Labute approximate surface area is 174 Å². The number of nitro benzene ring substituents is 1. The number of rotatable bonds is 5. The summed E-state index contributed by atoms with van der Waals surface area (Å²) in [6.45, 7) is 0.560. The molecule has 0 bridgehead atoms. The van der Waals surface area contributed by atoms with Crippen molar-refractivity contribution in [2.45, 2.75) is 4.90 Å². The van der Waals surface area contributed by atoms with Crippen molar-refractivity contribution in [1.29, 1.82) is 0 Å². The van der Waals surface area contributed by atoms with E-state index in [1.54, 1.807) is 16.3 Å². The van der Waals surface area contributed by atoms with Crippen molar-refractivity contribution in [3.05, 3.63) is 57.0 Å². The second-order valence-electron chi connectivity index (χ2n) is 6.34. The average molecular weight is 449 g/mol. The van der Waals surface area contributed by atoms with E-state index >= 15 is 0 Å². The first-order valence-corrected chi connectivity index (χ1v) is 11.0. The number of hydrogen-bond acceptors (Lipinski definition) is 9. The Morgan fingerprint density at radius 1 is 1.17 bits per heavy atom. The van der Waals surface area contributed by atoms with Gasteiger partial charge in [-0.1, -0.05) is 6.07 Å². The summed E-state index contributed by atoms with van der Waals surface area (Å²) < 4.78 is 28.3. The third-order valence-electron chi connectivity index (χ3n) is 4.63. The Balaban J connectivity index is 1.48. The maximum atomic E-state index is 12.9. The van der Waals surface area contributed by atoms with Gasteiger partial charge in [0.25, 0.3) is 11.6 Å². The molecule has 1 aliphatic rings. The first-order valence-electron chi connectivity index (χ1n) is 8.72. The van der Waals surface area contributed by atoms with Gasteiger partial charge >= 0.3 is 0 Å². The minimum atomic E-state index is -3.90. The van der Waals surface area contributed by atoms with E-state index in [1.165, 1.54) is 44.9 Å². The van der Waals surface area contributed by atoms with Crippen LogP contribution in [0.3, 0.4) is 0 Å². The van der Waals surface area contributed by atoms with E-state index in [9.17, 15) is 23.3 Å². The van der Waals surface area contributed by atoms with E-state index in [0.29, 0.717) is 10.6 Å². The van der Waals surface area contributed by atoms with Gasteiger partial charge in [-0.05, 0) is 27.9 Å². The lowest BCUT2D eigenvalue weighted by Gasteiger charge is -2.33. The molecule has 0 aliphatic carbocycles. The topological polar surface area (TPSA) is 144 Å². The highest BCUT2D eigenvalue weighted by Gasteiger charge is 2.32. The van der Waals surface area contributed by atoms with Crippen molar-refractivity contribution >= 4 is 33.0 Å². The van der Waals surface area contributed by atoms with Gasteiger partial charge in [0.15, 0.2) is 0 Å². The number of piperazine rings is 1. The number of non-ortho nitro benzene ring substituents is 1. The largest absolute Gasteiger partial charge is 0.335 e. The van der Waals surface area contributed by atoms with Gasteiger partial charge in [0.1, 0.15) is 11.2 Å². The molecule has 0 saturated carbocycles. The number of hydrogen-bond donors (Lipinski definition) is 0. The highest BCUT2D eigenvalue weighted by molar-refractivity contribution is 7.89. The van der Waals surface area contributed by atoms with Crippen LogP contribution in [0.15, 0.2) is 46.9 Å². The SMILES string of the molecule is O=C(c1sccc1-n1cnnn1)N1CCN(S(=O)(=O)c2cccc([N+](=O)[O-])c2)CC1. The highest BCUT2D eigenvalue weighted by atomic mass is 32.2. The quantitative estimate of drug-likeness (QED) is 0.410. The Kier molecular flexibility index (Phi) is 5.27. The van der Waals surface area contributed by atoms with Crippen LogP contribution in [0.4, 0.5) is 5.69 Å². The zero-order valence-electron chi connectivity index (χ0n) is 15.4. The average Bonchev–Trinajstić information content (AvgIpc) is 3.45. The lowest BCUT2D eigenvalue weighted by molar-refractivity contribution is -0.385. The second-order valence-corrected chi connectivity index (χ2v) is 9.19. The van der Waals surface area contributed by atoms with Crippen molar-refractivity contribution in [1.82, 2.24) is 29.4 Å². The first-order chi connectivity index (χ1) is 14.4. The fourth-order valence-electron chi connectivity index (χ4n) is 3.10. The maximum absolute atomic E-state index is 12.9. The summed E-state index contributed by atoms with van der Waals surface area (Å²) in [5.41, 5.74) is 0.263. The molecule has 0 spiro atoms. The van der Waals surface area contributed by atoms with Gasteiger partial charge in [-0.15, -0.1) is 16.4 Å². The second kappa shape index (κ2) is 7.89. The van der Waals surface area contributed by atoms with Crippen molar-refractivity contribution in [2.75, 3.05) is 26.2 Å². The van der Waals surface area contributed by atoms with E-state index in [4.69, 9.17) is 0 Å². The molecular formula is C16H15N7O5S2. The van der Waals surface area contributed by atoms with Gasteiger partial charge in [-0.2, -0.15) is 8.99 Å². The number of nitrogens with zero attached hydrogens (tertiary/aromatic N) is 7. The predicted molar refractivity (Wildman–Crippen MR) is 105 cm³/mol. The number of sulfonamides is 1. The van der Waals surface area contributed by atoms with Gasteiger partial charge in [0.05, 0.1) is 15.5 Å². The van der Waals surface area contributed by atoms with Crippen molar-refractivity contribution in [2.24, 2.45) is 0 Å². The molecule has 30 heavy (non-hydrogen) atoms. The lowest BCUT2D eigenvalue weighted by Crippen LogP contribution is -2.50. The Morgan fingerprint density at radius 2 is 1.93 bits per heavy atom. The molecular weight excluding hydrogens is 434 g/mol. The predicted octanol–water partition coefficient (Wildman–Crippen LogP) is 0.779. The van der Waals surface area contributed by atoms with Crippen LogP contribution in [0, 0.1) is 10.1 Å². The van der Waals surface area contributed by atoms with Gasteiger partial charge in [-0.3, -0.25) is 14.9 Å². The number of tetrazole rings is 1. The number of benzene rings is 1. The van der Waals surface area contributed by atoms with Crippen LogP contribution in [0.2, 0.25) is 0 Å². The molecule has 1 fully saturated rings. The molecule has 0 N–H and O–H groups in total. The summed E-state index contributed by atoms with van der Waals surface area (Å²) in [7, 11) is -3.90. The molecule has 4 rings (SSSR count). The number of carbonyl (C=O) groups is 1. The maximum Gasteiger partial charge on any atom is 0.270 e. The number of carbonyl (C=O) groups excluding carboxylic acids is 1. The molecule has 1 saturated heterocycles. The molecule has 14 heteroatoms. The molecule has 1 aromatic carbocycles. The molecule has 1 amide bonds. The number of aromatic nitrogens is 4. The van der Waals surface area contributed by atoms with E-state index in [2.05, 4.69) is 15.5 Å². The molecule has 2 aromatic heterocycles. The van der Waals surface area contributed by atoms with Crippen LogP contribution in [-0.4, -0.2) is 74.8 Å². The van der Waals surface area contributed by atoms with E-state index < -0.39 is 14.9 Å². The first kappa shape index (κ1) is 20.1. The standard InChI is InChI=1S/C16H15N7O5S2/c24-16(15-14(4-9-29-15)22-11-17-18-19-22)20-5-7-21(8-6-20)30(27,28)13-3-1-2-12(10-13)23(25)26/h1-4,9-11H,5-8H2. The van der Waals surface area contributed by atoms with Crippen molar-refractivity contribution in [3.63, 3.8) is 0 Å². The molecule has 12 nitrogen and oxygen atoms in total. The smallest absolute Gasteiger partial charge is 0.270 e. The summed E-state index contributed by atoms with van der Waals surface area (Å²) >= 11 is 1.25. The van der Waals surface area contributed by atoms with E-state index in [-0.39, 0.29) is 42.7 Å². The van der Waals surface area contributed by atoms with Gasteiger partial charge in [0, 0.05) is 38.3 Å². The molecule has 3 heterocycles. The molecule has 156 valence electrons. The van der Waals surface area contributed by atoms with Crippen LogP contribution in [0.25, 0.3) is 5.69 Å². The molecule has 0 radical (unpaired) electrons. The summed E-state index contributed by atoms with van der Waals surface area (Å²) in [4.78, 5) is 25.1. The monoisotopic (exact) mass is 449 g/mol. The minimum absolute atomic E-state index is 0.0857. The van der Waals surface area contributed by atoms with Crippen LogP contribution in [0.5, 0.6) is 0 Å². The normalized spacial score (nSPS) is 15.3. The van der Waals surface area contributed by atoms with Crippen LogP contribution < -0.4 is 0 Å². The molecule has 3 aromatic rings. The number of thiophene rings is 1. The Bertz CT molecular complexity index is 1180.